The molecule has 0 bridgehead atoms. The molecule has 0 N–H and O–H groups in total. The second-order valence-electron chi connectivity index (χ2n) is 7.48. The Bertz CT molecular complexity index is 1300. The summed E-state index contributed by atoms with van der Waals surface area (Å²) >= 11 is 0. The fourth-order valence-electron chi connectivity index (χ4n) is 3.56. The summed E-state index contributed by atoms with van der Waals surface area (Å²) in [6.45, 7) is 2.54. The van der Waals surface area contributed by atoms with E-state index in [1.54, 1.807) is 27.2 Å². The van der Waals surface area contributed by atoms with E-state index in [4.69, 9.17) is 23.4 Å². The second-order valence-corrected chi connectivity index (χ2v) is 7.48. The number of furan rings is 1. The summed E-state index contributed by atoms with van der Waals surface area (Å²) in [5.74, 6) is 2.10. The highest BCUT2D eigenvalue weighted by atomic mass is 16.5. The van der Waals surface area contributed by atoms with Crippen molar-refractivity contribution in [3.63, 3.8) is 0 Å². The van der Waals surface area contributed by atoms with Crippen LogP contribution in [0.5, 0.6) is 17.2 Å². The van der Waals surface area contributed by atoms with Crippen molar-refractivity contribution >= 4 is 23.0 Å². The molecule has 0 aliphatic heterocycles. The van der Waals surface area contributed by atoms with Gasteiger partial charge in [-0.05, 0) is 60.5 Å². The largest absolute Gasteiger partial charge is 0.493 e. The lowest BCUT2D eigenvalue weighted by atomic mass is 10.1. The molecule has 0 fully saturated rings. The molecule has 6 nitrogen and oxygen atoms in total. The second kappa shape index (κ2) is 10.6. The molecule has 4 aromatic rings. The number of carbonyl (C=O) groups excluding carboxylic acids is 1. The van der Waals surface area contributed by atoms with Crippen LogP contribution in [0.2, 0.25) is 0 Å². The van der Waals surface area contributed by atoms with E-state index in [1.807, 2.05) is 66.7 Å². The maximum absolute atomic E-state index is 11.7. The van der Waals surface area contributed by atoms with Crippen LogP contribution in [-0.2, 0) is 16.1 Å². The maximum atomic E-state index is 11.7. The van der Waals surface area contributed by atoms with E-state index in [0.29, 0.717) is 41.8 Å². The van der Waals surface area contributed by atoms with Crippen molar-refractivity contribution in [1.29, 1.82) is 0 Å². The molecule has 6 heteroatoms. The Balaban J connectivity index is 1.61. The molecule has 0 aliphatic carbocycles. The molecular formula is C28H26O6. The molecule has 0 amide bonds. The highest BCUT2D eigenvalue weighted by Gasteiger charge is 2.14. The zero-order valence-electron chi connectivity index (χ0n) is 19.4. The first kappa shape index (κ1) is 23.0. The highest BCUT2D eigenvalue weighted by molar-refractivity contribution is 5.92. The Kier molecular flexibility index (Phi) is 7.18. The van der Waals surface area contributed by atoms with Gasteiger partial charge in [-0.3, -0.25) is 0 Å². The van der Waals surface area contributed by atoms with Crippen LogP contribution in [0.15, 0.2) is 77.2 Å². The molecule has 3 aromatic carbocycles. The number of benzene rings is 3. The van der Waals surface area contributed by atoms with E-state index in [9.17, 15) is 4.79 Å². The summed E-state index contributed by atoms with van der Waals surface area (Å²) in [7, 11) is 3.19. The summed E-state index contributed by atoms with van der Waals surface area (Å²) in [4.78, 5) is 11.7. The standard InChI is InChI=1S/C28H26O6/c1-4-32-27(29)13-10-20-14-22-17-24(34-28(22)26(15-20)31-3)21-11-12-23(25(16-21)30-2)33-18-19-8-6-5-7-9-19/h5-17H,4,18H2,1-3H3. The fourth-order valence-corrected chi connectivity index (χ4v) is 3.56. The van der Waals surface area contributed by atoms with Gasteiger partial charge in [0, 0.05) is 17.0 Å². The van der Waals surface area contributed by atoms with Gasteiger partial charge in [0.25, 0.3) is 0 Å². The van der Waals surface area contributed by atoms with Crippen LogP contribution in [0.3, 0.4) is 0 Å². The number of rotatable bonds is 9. The molecule has 0 radical (unpaired) electrons. The van der Waals surface area contributed by atoms with Crippen LogP contribution in [0.25, 0.3) is 28.4 Å². The summed E-state index contributed by atoms with van der Waals surface area (Å²) in [5.41, 5.74) is 3.33. The molecule has 4 rings (SSSR count). The van der Waals surface area contributed by atoms with Gasteiger partial charge in [0.15, 0.2) is 22.8 Å². The molecule has 0 aliphatic rings. The first-order chi connectivity index (χ1) is 16.6. The van der Waals surface area contributed by atoms with Crippen molar-refractivity contribution in [1.82, 2.24) is 0 Å². The van der Waals surface area contributed by atoms with Gasteiger partial charge in [0.2, 0.25) is 0 Å². The Morgan fingerprint density at radius 3 is 2.44 bits per heavy atom. The van der Waals surface area contributed by atoms with E-state index in [0.717, 1.165) is 22.1 Å². The molecule has 0 saturated heterocycles. The molecule has 0 unspecified atom stereocenters. The third-order valence-electron chi connectivity index (χ3n) is 5.21. The summed E-state index contributed by atoms with van der Waals surface area (Å²) in [5, 5.41) is 0.848. The third kappa shape index (κ3) is 5.23. The van der Waals surface area contributed by atoms with Gasteiger partial charge < -0.3 is 23.4 Å². The Morgan fingerprint density at radius 2 is 1.71 bits per heavy atom. The van der Waals surface area contributed by atoms with Gasteiger partial charge in [0.05, 0.1) is 20.8 Å². The quantitative estimate of drug-likeness (QED) is 0.217. The van der Waals surface area contributed by atoms with Crippen molar-refractivity contribution < 1.29 is 28.2 Å². The molecule has 174 valence electrons. The summed E-state index contributed by atoms with van der Waals surface area (Å²) in [6, 6.07) is 21.3. The minimum atomic E-state index is -0.392. The Labute approximate surface area is 198 Å². The number of carbonyl (C=O) groups is 1. The van der Waals surface area contributed by atoms with E-state index in [-0.39, 0.29) is 0 Å². The fraction of sp³-hybridized carbons (Fsp3) is 0.179. The van der Waals surface area contributed by atoms with Gasteiger partial charge in [-0.1, -0.05) is 30.3 Å². The van der Waals surface area contributed by atoms with Gasteiger partial charge in [-0.25, -0.2) is 4.79 Å². The van der Waals surface area contributed by atoms with Crippen molar-refractivity contribution in [2.75, 3.05) is 20.8 Å². The average Bonchev–Trinajstić information content (AvgIpc) is 3.30. The average molecular weight is 459 g/mol. The minimum Gasteiger partial charge on any atom is -0.493 e. The topological polar surface area (TPSA) is 67.1 Å². The minimum absolute atomic E-state index is 0.330. The van der Waals surface area contributed by atoms with Crippen molar-refractivity contribution in [2.24, 2.45) is 0 Å². The van der Waals surface area contributed by atoms with Crippen LogP contribution in [-0.4, -0.2) is 26.8 Å². The first-order valence-electron chi connectivity index (χ1n) is 10.9. The third-order valence-corrected chi connectivity index (χ3v) is 5.21. The number of hydrogen-bond donors (Lipinski definition) is 0. The summed E-state index contributed by atoms with van der Waals surface area (Å²) < 4.78 is 28.1. The lowest BCUT2D eigenvalue weighted by Crippen LogP contribution is -1.98. The smallest absolute Gasteiger partial charge is 0.330 e. The molecule has 0 spiro atoms. The van der Waals surface area contributed by atoms with E-state index < -0.39 is 5.97 Å². The highest BCUT2D eigenvalue weighted by Crippen LogP contribution is 2.38. The Hall–Kier alpha value is -4.19. The lowest BCUT2D eigenvalue weighted by Gasteiger charge is -2.11. The Morgan fingerprint density at radius 1 is 0.912 bits per heavy atom. The first-order valence-corrected chi connectivity index (χ1v) is 10.9. The van der Waals surface area contributed by atoms with Gasteiger partial charge in [-0.15, -0.1) is 0 Å². The number of esters is 1. The van der Waals surface area contributed by atoms with Crippen molar-refractivity contribution in [3.8, 4) is 28.6 Å². The van der Waals surface area contributed by atoms with E-state index >= 15 is 0 Å². The molecule has 0 atom stereocenters. The van der Waals surface area contributed by atoms with Crippen molar-refractivity contribution in [3.05, 3.63) is 83.9 Å². The number of fused-ring (bicyclic) bond motifs is 1. The normalized spacial score (nSPS) is 11.0. The SMILES string of the molecule is CCOC(=O)C=Cc1cc(OC)c2oc(-c3ccc(OCc4ccccc4)c(OC)c3)cc2c1. The number of methoxy groups -OCH3 is 2. The van der Waals surface area contributed by atoms with Gasteiger partial charge >= 0.3 is 5.97 Å². The van der Waals surface area contributed by atoms with Crippen molar-refractivity contribution in [2.45, 2.75) is 13.5 Å². The molecule has 0 saturated carbocycles. The van der Waals surface area contributed by atoms with Crippen LogP contribution in [0, 0.1) is 0 Å². The number of hydrogen-bond acceptors (Lipinski definition) is 6. The molecule has 1 aromatic heterocycles. The monoisotopic (exact) mass is 458 g/mol. The zero-order valence-corrected chi connectivity index (χ0v) is 19.4. The van der Waals surface area contributed by atoms with Gasteiger partial charge in [0.1, 0.15) is 12.4 Å². The van der Waals surface area contributed by atoms with Crippen LogP contribution in [0.4, 0.5) is 0 Å². The number of ether oxygens (including phenoxy) is 4. The molecular weight excluding hydrogens is 432 g/mol. The predicted molar refractivity (Wildman–Crippen MR) is 131 cm³/mol. The van der Waals surface area contributed by atoms with E-state index in [2.05, 4.69) is 0 Å². The maximum Gasteiger partial charge on any atom is 0.330 e. The van der Waals surface area contributed by atoms with Gasteiger partial charge in [-0.2, -0.15) is 0 Å². The van der Waals surface area contributed by atoms with E-state index in [1.165, 1.54) is 6.08 Å². The lowest BCUT2D eigenvalue weighted by molar-refractivity contribution is -0.137. The summed E-state index contributed by atoms with van der Waals surface area (Å²) in [6.07, 6.45) is 3.08. The van der Waals surface area contributed by atoms with Crippen LogP contribution >= 0.6 is 0 Å². The molecule has 1 heterocycles. The molecule has 34 heavy (non-hydrogen) atoms. The predicted octanol–water partition coefficient (Wildman–Crippen LogP) is 6.27. The van der Waals surface area contributed by atoms with Crippen LogP contribution in [0.1, 0.15) is 18.1 Å². The van der Waals surface area contributed by atoms with Crippen LogP contribution < -0.4 is 14.2 Å². The zero-order chi connectivity index (χ0) is 23.9.